The summed E-state index contributed by atoms with van der Waals surface area (Å²) in [5.41, 5.74) is 3.64. The van der Waals surface area contributed by atoms with Gasteiger partial charge >= 0.3 is 0 Å². The van der Waals surface area contributed by atoms with Crippen LogP contribution in [-0.4, -0.2) is 30.5 Å². The number of anilines is 3. The minimum atomic E-state index is -0.0741. The molecule has 1 aromatic carbocycles. The van der Waals surface area contributed by atoms with Crippen molar-refractivity contribution < 1.29 is 4.79 Å². The number of carbonyl (C=O) groups is 1. The van der Waals surface area contributed by atoms with Crippen LogP contribution >= 0.6 is 11.3 Å². The predicted molar refractivity (Wildman–Crippen MR) is 98.8 cm³/mol. The lowest BCUT2D eigenvalue weighted by Crippen LogP contribution is -2.41. The van der Waals surface area contributed by atoms with E-state index in [1.165, 1.54) is 49.0 Å². The molecule has 24 heavy (non-hydrogen) atoms. The molecule has 1 aliphatic carbocycles. The van der Waals surface area contributed by atoms with Gasteiger partial charge in [-0.3, -0.25) is 4.79 Å². The van der Waals surface area contributed by atoms with Gasteiger partial charge in [-0.2, -0.15) is 0 Å². The number of carbonyl (C=O) groups excluding carboxylic acids is 1. The molecule has 1 N–H and O–H groups in total. The number of nitrogens with one attached hydrogen (secondary N) is 1. The van der Waals surface area contributed by atoms with Gasteiger partial charge < -0.3 is 15.1 Å². The number of benzene rings is 1. The van der Waals surface area contributed by atoms with E-state index in [-0.39, 0.29) is 5.91 Å². The first-order chi connectivity index (χ1) is 11.7. The maximum Gasteiger partial charge on any atom is 0.223 e. The van der Waals surface area contributed by atoms with Gasteiger partial charge in [-0.15, -0.1) is 11.3 Å². The Balaban J connectivity index is 1.50. The van der Waals surface area contributed by atoms with Crippen molar-refractivity contribution in [3.05, 3.63) is 35.3 Å². The van der Waals surface area contributed by atoms with Gasteiger partial charge in [0.05, 0.1) is 23.6 Å². The lowest BCUT2D eigenvalue weighted by Gasteiger charge is -2.38. The average molecular weight is 342 g/mol. The minimum Gasteiger partial charge on any atom is -0.368 e. The number of nitrogens with zero attached hydrogens (tertiary/aromatic N) is 3. The molecule has 4 rings (SSSR count). The van der Waals surface area contributed by atoms with Crippen molar-refractivity contribution >= 4 is 33.8 Å². The van der Waals surface area contributed by atoms with E-state index in [1.54, 1.807) is 0 Å². The van der Waals surface area contributed by atoms with Gasteiger partial charge in [-0.1, -0.05) is 12.1 Å². The molecule has 1 aliphatic heterocycles. The molecule has 0 radical (unpaired) electrons. The summed E-state index contributed by atoms with van der Waals surface area (Å²) in [6.07, 6.45) is 2.76. The molecule has 0 spiro atoms. The van der Waals surface area contributed by atoms with Gasteiger partial charge in [0.25, 0.3) is 0 Å². The van der Waals surface area contributed by atoms with Crippen molar-refractivity contribution in [1.82, 2.24) is 4.98 Å². The smallest absolute Gasteiger partial charge is 0.223 e. The molecular formula is C18H22N4OS. The van der Waals surface area contributed by atoms with E-state index in [0.29, 0.717) is 5.13 Å². The lowest BCUT2D eigenvalue weighted by atomic mass is 10.1. The van der Waals surface area contributed by atoms with Crippen LogP contribution in [0.3, 0.4) is 0 Å². The summed E-state index contributed by atoms with van der Waals surface area (Å²) >= 11 is 1.48. The number of para-hydroxylation sites is 2. The van der Waals surface area contributed by atoms with E-state index in [2.05, 4.69) is 44.4 Å². The monoisotopic (exact) mass is 342 g/mol. The first kappa shape index (κ1) is 15.4. The van der Waals surface area contributed by atoms with Crippen LogP contribution < -0.4 is 15.1 Å². The zero-order chi connectivity index (χ0) is 16.5. The third-order valence-corrected chi connectivity index (χ3v) is 5.37. The van der Waals surface area contributed by atoms with E-state index in [0.717, 1.165) is 31.2 Å². The number of thiazole rings is 1. The van der Waals surface area contributed by atoms with Crippen molar-refractivity contribution in [3.8, 4) is 0 Å². The Kier molecular flexibility index (Phi) is 4.14. The zero-order valence-corrected chi connectivity index (χ0v) is 14.7. The Bertz CT molecular complexity index is 740. The molecule has 1 fully saturated rings. The van der Waals surface area contributed by atoms with Gasteiger partial charge in [0.15, 0.2) is 5.13 Å². The Hall–Kier alpha value is -2.08. The third kappa shape index (κ3) is 3.38. The van der Waals surface area contributed by atoms with Crippen LogP contribution in [0.15, 0.2) is 29.6 Å². The number of aromatic nitrogens is 1. The first-order valence-electron chi connectivity index (χ1n) is 8.50. The molecule has 1 aromatic heterocycles. The molecule has 5 nitrogen and oxygen atoms in total. The maximum atomic E-state index is 11.1. The molecule has 6 heteroatoms. The maximum absolute atomic E-state index is 11.1. The summed E-state index contributed by atoms with van der Waals surface area (Å²) in [6.45, 7) is 5.56. The van der Waals surface area contributed by atoms with Crippen molar-refractivity contribution in [3.63, 3.8) is 0 Å². The predicted octanol–water partition coefficient (Wildman–Crippen LogP) is 3.34. The highest BCUT2D eigenvalue weighted by atomic mass is 32.1. The van der Waals surface area contributed by atoms with Crippen LogP contribution in [0.25, 0.3) is 0 Å². The van der Waals surface area contributed by atoms with Crippen molar-refractivity contribution in [2.24, 2.45) is 5.92 Å². The highest BCUT2D eigenvalue weighted by Gasteiger charge is 2.29. The second kappa shape index (κ2) is 6.43. The summed E-state index contributed by atoms with van der Waals surface area (Å²) in [7, 11) is 0. The van der Waals surface area contributed by atoms with E-state index in [1.807, 2.05) is 5.38 Å². The summed E-state index contributed by atoms with van der Waals surface area (Å²) in [5.74, 6) is 0.818. The molecular weight excluding hydrogens is 320 g/mol. The molecule has 126 valence electrons. The fourth-order valence-corrected chi connectivity index (χ4v) is 3.98. The van der Waals surface area contributed by atoms with Gasteiger partial charge in [0.1, 0.15) is 0 Å². The fourth-order valence-electron chi connectivity index (χ4n) is 3.23. The van der Waals surface area contributed by atoms with Crippen LogP contribution in [0.2, 0.25) is 0 Å². The molecule has 0 saturated heterocycles. The van der Waals surface area contributed by atoms with Crippen molar-refractivity contribution in [2.45, 2.75) is 26.3 Å². The SMILES string of the molecule is CC(=O)Nc1nc(CN2CCN(CC3CC3)c3ccccc32)cs1. The number of fused-ring (bicyclic) bond motifs is 1. The van der Waals surface area contributed by atoms with Crippen LogP contribution in [0.1, 0.15) is 25.5 Å². The summed E-state index contributed by atoms with van der Waals surface area (Å²) < 4.78 is 0. The van der Waals surface area contributed by atoms with Crippen LogP contribution in [0.4, 0.5) is 16.5 Å². The standard InChI is InChI=1S/C18H22N4OS/c1-13(23)19-18-20-15(12-24-18)11-22-9-8-21(10-14-6-7-14)16-4-2-3-5-17(16)22/h2-5,12,14H,6-11H2,1H3,(H,19,20,23). The normalized spacial score (nSPS) is 16.9. The van der Waals surface area contributed by atoms with Crippen molar-refractivity contribution in [1.29, 1.82) is 0 Å². The highest BCUT2D eigenvalue weighted by molar-refractivity contribution is 7.13. The molecule has 2 aromatic rings. The number of hydrogen-bond donors (Lipinski definition) is 1. The molecule has 2 aliphatic rings. The summed E-state index contributed by atoms with van der Waals surface area (Å²) in [4.78, 5) is 20.6. The Labute approximate surface area is 146 Å². The van der Waals surface area contributed by atoms with E-state index in [4.69, 9.17) is 0 Å². The zero-order valence-electron chi connectivity index (χ0n) is 13.9. The van der Waals surface area contributed by atoms with Gasteiger partial charge in [-0.25, -0.2) is 4.98 Å². The number of rotatable bonds is 5. The minimum absolute atomic E-state index is 0.0741. The molecule has 0 unspecified atom stereocenters. The van der Waals surface area contributed by atoms with Crippen LogP contribution in [-0.2, 0) is 11.3 Å². The van der Waals surface area contributed by atoms with Crippen LogP contribution in [0, 0.1) is 5.92 Å². The quantitative estimate of drug-likeness (QED) is 0.905. The first-order valence-corrected chi connectivity index (χ1v) is 9.38. The van der Waals surface area contributed by atoms with Gasteiger partial charge in [0.2, 0.25) is 5.91 Å². The third-order valence-electron chi connectivity index (χ3n) is 4.57. The second-order valence-electron chi connectivity index (χ2n) is 6.62. The second-order valence-corrected chi connectivity index (χ2v) is 7.48. The fraction of sp³-hybridized carbons (Fsp3) is 0.444. The Morgan fingerprint density at radius 3 is 2.67 bits per heavy atom. The topological polar surface area (TPSA) is 48.5 Å². The highest BCUT2D eigenvalue weighted by Crippen LogP contribution is 2.37. The molecule has 2 heterocycles. The largest absolute Gasteiger partial charge is 0.368 e. The molecule has 0 bridgehead atoms. The molecule has 1 saturated carbocycles. The van der Waals surface area contributed by atoms with Gasteiger partial charge in [0, 0.05) is 31.9 Å². The van der Waals surface area contributed by atoms with E-state index in [9.17, 15) is 4.79 Å². The summed E-state index contributed by atoms with van der Waals surface area (Å²) in [5, 5.41) is 5.47. The summed E-state index contributed by atoms with van der Waals surface area (Å²) in [6, 6.07) is 8.67. The Morgan fingerprint density at radius 1 is 1.25 bits per heavy atom. The van der Waals surface area contributed by atoms with Crippen molar-refractivity contribution in [2.75, 3.05) is 34.8 Å². The number of hydrogen-bond acceptors (Lipinski definition) is 5. The lowest BCUT2D eigenvalue weighted by molar-refractivity contribution is -0.114. The van der Waals surface area contributed by atoms with Gasteiger partial charge in [-0.05, 0) is 30.9 Å². The number of amides is 1. The van der Waals surface area contributed by atoms with Crippen LogP contribution in [0.5, 0.6) is 0 Å². The molecule has 0 atom stereocenters. The average Bonchev–Trinajstić information content (AvgIpc) is 3.28. The Morgan fingerprint density at radius 2 is 1.96 bits per heavy atom. The molecule has 1 amide bonds. The van der Waals surface area contributed by atoms with E-state index >= 15 is 0 Å². The van der Waals surface area contributed by atoms with E-state index < -0.39 is 0 Å².